The third-order valence-corrected chi connectivity index (χ3v) is 3.47. The fourth-order valence-corrected chi connectivity index (χ4v) is 1.59. The van der Waals surface area contributed by atoms with Crippen molar-refractivity contribution in [3.8, 4) is 0 Å². The third-order valence-electron chi connectivity index (χ3n) is 1.99. The van der Waals surface area contributed by atoms with E-state index >= 15 is 0 Å². The van der Waals surface area contributed by atoms with Crippen LogP contribution in [-0.2, 0) is 16.4 Å². The standard InChI is InChI=1S/C8H13N3O3S/c1-6-4-10-8(5-9-6)3-7(2)15(13,14)11-12/h4-5,7,11-12H,3H2,1-2H3. The molecule has 7 heteroatoms. The fourth-order valence-electron chi connectivity index (χ4n) is 1.02. The van der Waals surface area contributed by atoms with Gasteiger partial charge >= 0.3 is 0 Å². The molecule has 0 spiro atoms. The van der Waals surface area contributed by atoms with Gasteiger partial charge < -0.3 is 5.21 Å². The van der Waals surface area contributed by atoms with Crippen molar-refractivity contribution in [2.75, 3.05) is 0 Å². The molecule has 1 aromatic rings. The Morgan fingerprint density at radius 1 is 1.47 bits per heavy atom. The Kier molecular flexibility index (Phi) is 3.72. The highest BCUT2D eigenvalue weighted by molar-refractivity contribution is 7.89. The molecule has 1 heterocycles. The number of nitrogens with zero attached hydrogens (tertiary/aromatic N) is 2. The molecular formula is C8H13N3O3S. The molecule has 84 valence electrons. The second-order valence-corrected chi connectivity index (χ2v) is 5.38. The topological polar surface area (TPSA) is 92.2 Å². The molecule has 0 aliphatic carbocycles. The fraction of sp³-hybridized carbons (Fsp3) is 0.500. The van der Waals surface area contributed by atoms with Gasteiger partial charge in [-0.15, -0.1) is 0 Å². The first-order valence-corrected chi connectivity index (χ1v) is 5.92. The number of rotatable bonds is 4. The zero-order valence-corrected chi connectivity index (χ0v) is 9.32. The molecule has 0 aliphatic heterocycles. The molecule has 0 aliphatic rings. The van der Waals surface area contributed by atoms with Gasteiger partial charge in [0.2, 0.25) is 10.0 Å². The number of hydrogen-bond acceptors (Lipinski definition) is 5. The number of hydrogen-bond donors (Lipinski definition) is 2. The van der Waals surface area contributed by atoms with Crippen LogP contribution in [0.1, 0.15) is 18.3 Å². The lowest BCUT2D eigenvalue weighted by molar-refractivity contribution is 0.241. The number of sulfonamides is 1. The van der Waals surface area contributed by atoms with E-state index in [0.29, 0.717) is 5.69 Å². The molecule has 2 N–H and O–H groups in total. The van der Waals surface area contributed by atoms with Gasteiger partial charge in [-0.3, -0.25) is 9.97 Å². The zero-order chi connectivity index (χ0) is 11.5. The summed E-state index contributed by atoms with van der Waals surface area (Å²) in [6, 6.07) is 0. The van der Waals surface area contributed by atoms with E-state index in [-0.39, 0.29) is 6.42 Å². The normalized spacial score (nSPS) is 13.8. The Labute approximate surface area is 88.4 Å². The van der Waals surface area contributed by atoms with Crippen LogP contribution in [-0.4, -0.2) is 28.8 Å². The Morgan fingerprint density at radius 3 is 2.60 bits per heavy atom. The highest BCUT2D eigenvalue weighted by Gasteiger charge is 2.20. The zero-order valence-electron chi connectivity index (χ0n) is 8.51. The summed E-state index contributed by atoms with van der Waals surface area (Å²) in [4.78, 5) is 9.33. The van der Waals surface area contributed by atoms with Crippen LogP contribution in [0.15, 0.2) is 12.4 Å². The van der Waals surface area contributed by atoms with Gasteiger partial charge in [-0.25, -0.2) is 8.42 Å². The van der Waals surface area contributed by atoms with E-state index in [1.54, 1.807) is 13.1 Å². The summed E-state index contributed by atoms with van der Waals surface area (Å²) >= 11 is 0. The Balaban J connectivity index is 2.75. The number of aromatic nitrogens is 2. The SMILES string of the molecule is Cc1cnc(CC(C)S(=O)(=O)NO)cn1. The molecule has 1 rings (SSSR count). The van der Waals surface area contributed by atoms with Crippen molar-refractivity contribution in [1.29, 1.82) is 0 Å². The van der Waals surface area contributed by atoms with Gasteiger partial charge in [0.05, 0.1) is 16.6 Å². The maximum Gasteiger partial charge on any atom is 0.236 e. The molecule has 1 unspecified atom stereocenters. The second-order valence-electron chi connectivity index (χ2n) is 3.30. The molecule has 1 aromatic heterocycles. The lowest BCUT2D eigenvalue weighted by Crippen LogP contribution is -2.31. The average molecular weight is 231 g/mol. The second kappa shape index (κ2) is 4.65. The molecule has 0 saturated heterocycles. The van der Waals surface area contributed by atoms with Crippen molar-refractivity contribution >= 4 is 10.0 Å². The first-order chi connectivity index (χ1) is 6.95. The average Bonchev–Trinajstić information content (AvgIpc) is 2.21. The summed E-state index contributed by atoms with van der Waals surface area (Å²) < 4.78 is 22.3. The number of nitrogens with one attached hydrogen (secondary N) is 1. The molecule has 0 fully saturated rings. The third kappa shape index (κ3) is 3.22. The van der Waals surface area contributed by atoms with Crippen molar-refractivity contribution in [2.45, 2.75) is 25.5 Å². The van der Waals surface area contributed by atoms with Crippen molar-refractivity contribution in [1.82, 2.24) is 14.9 Å². The van der Waals surface area contributed by atoms with E-state index in [0.717, 1.165) is 5.69 Å². The van der Waals surface area contributed by atoms with E-state index in [4.69, 9.17) is 5.21 Å². The van der Waals surface area contributed by atoms with Crippen molar-refractivity contribution in [3.05, 3.63) is 23.8 Å². The van der Waals surface area contributed by atoms with E-state index in [1.807, 2.05) is 0 Å². The summed E-state index contributed by atoms with van der Waals surface area (Å²) in [7, 11) is -3.67. The minimum Gasteiger partial charge on any atom is -0.302 e. The molecule has 0 bridgehead atoms. The maximum atomic E-state index is 11.2. The molecule has 1 atom stereocenters. The Hall–Kier alpha value is -1.05. The summed E-state index contributed by atoms with van der Waals surface area (Å²) in [5, 5.41) is 7.66. The van der Waals surface area contributed by atoms with Gasteiger partial charge in [-0.05, 0) is 13.8 Å². The largest absolute Gasteiger partial charge is 0.302 e. The lowest BCUT2D eigenvalue weighted by atomic mass is 10.2. The minimum atomic E-state index is -3.67. The van der Waals surface area contributed by atoms with Gasteiger partial charge in [0.1, 0.15) is 0 Å². The van der Waals surface area contributed by atoms with Gasteiger partial charge in [0.15, 0.2) is 0 Å². The maximum absolute atomic E-state index is 11.2. The van der Waals surface area contributed by atoms with E-state index in [9.17, 15) is 8.42 Å². The van der Waals surface area contributed by atoms with Crippen LogP contribution < -0.4 is 4.89 Å². The molecular weight excluding hydrogens is 218 g/mol. The molecule has 0 saturated carbocycles. The minimum absolute atomic E-state index is 0.211. The monoisotopic (exact) mass is 231 g/mol. The quantitative estimate of drug-likeness (QED) is 0.713. The highest BCUT2D eigenvalue weighted by atomic mass is 32.2. The van der Waals surface area contributed by atoms with Gasteiger partial charge in [-0.1, -0.05) is 4.89 Å². The summed E-state index contributed by atoms with van der Waals surface area (Å²) in [6.07, 6.45) is 3.31. The summed E-state index contributed by atoms with van der Waals surface area (Å²) in [5.74, 6) is 0. The predicted octanol–water partition coefficient (Wildman–Crippen LogP) is 0.0246. The summed E-state index contributed by atoms with van der Waals surface area (Å²) in [5.41, 5.74) is 1.35. The van der Waals surface area contributed by atoms with E-state index in [2.05, 4.69) is 9.97 Å². The molecule has 0 amide bonds. The summed E-state index contributed by atoms with van der Waals surface area (Å²) in [6.45, 7) is 3.28. The van der Waals surface area contributed by atoms with E-state index < -0.39 is 15.3 Å². The van der Waals surface area contributed by atoms with Crippen LogP contribution >= 0.6 is 0 Å². The van der Waals surface area contributed by atoms with Crippen LogP contribution in [0.4, 0.5) is 0 Å². The predicted molar refractivity (Wildman–Crippen MR) is 53.8 cm³/mol. The van der Waals surface area contributed by atoms with Gasteiger partial charge in [-0.2, -0.15) is 0 Å². The smallest absolute Gasteiger partial charge is 0.236 e. The van der Waals surface area contributed by atoms with Gasteiger partial charge in [0, 0.05) is 18.8 Å². The molecule has 15 heavy (non-hydrogen) atoms. The van der Waals surface area contributed by atoms with Crippen molar-refractivity contribution in [3.63, 3.8) is 0 Å². The van der Waals surface area contributed by atoms with Crippen LogP contribution in [0.3, 0.4) is 0 Å². The first-order valence-electron chi connectivity index (χ1n) is 4.38. The first kappa shape index (κ1) is 12.0. The van der Waals surface area contributed by atoms with Crippen LogP contribution in [0, 0.1) is 6.92 Å². The number of aryl methyl sites for hydroxylation is 1. The molecule has 0 aromatic carbocycles. The molecule has 6 nitrogen and oxygen atoms in total. The van der Waals surface area contributed by atoms with Crippen LogP contribution in [0.25, 0.3) is 0 Å². The van der Waals surface area contributed by atoms with Gasteiger partial charge in [0.25, 0.3) is 0 Å². The highest BCUT2D eigenvalue weighted by Crippen LogP contribution is 2.05. The van der Waals surface area contributed by atoms with E-state index in [1.165, 1.54) is 18.0 Å². The van der Waals surface area contributed by atoms with Crippen LogP contribution in [0.5, 0.6) is 0 Å². The Morgan fingerprint density at radius 2 is 2.13 bits per heavy atom. The van der Waals surface area contributed by atoms with Crippen molar-refractivity contribution in [2.24, 2.45) is 0 Å². The molecule has 0 radical (unpaired) electrons. The Bertz CT molecular complexity index is 415. The van der Waals surface area contributed by atoms with Crippen molar-refractivity contribution < 1.29 is 13.6 Å². The lowest BCUT2D eigenvalue weighted by Gasteiger charge is -2.09. The van der Waals surface area contributed by atoms with Crippen LogP contribution in [0.2, 0.25) is 0 Å².